The van der Waals surface area contributed by atoms with E-state index in [0.717, 1.165) is 22.7 Å². The molecule has 2 N–H and O–H groups in total. The number of anilines is 1. The van der Waals surface area contributed by atoms with Crippen molar-refractivity contribution in [1.29, 1.82) is 0 Å². The second kappa shape index (κ2) is 8.66. The molecule has 0 atom stereocenters. The Morgan fingerprint density at radius 1 is 0.955 bits per heavy atom. The molecule has 0 unspecified atom stereocenters. The third-order valence-electron chi connectivity index (χ3n) is 3.15. The molecule has 0 aliphatic carbocycles. The molecule has 0 saturated carbocycles. The average molecular weight is 337 g/mol. The first-order chi connectivity index (χ1) is 10.6. The number of halogens is 2. The van der Waals surface area contributed by atoms with Crippen LogP contribution in [0.5, 0.6) is 0 Å². The van der Waals surface area contributed by atoms with Crippen molar-refractivity contribution in [2.24, 2.45) is 0 Å². The van der Waals surface area contributed by atoms with E-state index in [2.05, 4.69) is 10.6 Å². The number of hydrogen-bond donors (Lipinski definition) is 2. The van der Waals surface area contributed by atoms with Gasteiger partial charge in [-0.15, -0.1) is 0 Å². The quantitative estimate of drug-likeness (QED) is 0.797. The Morgan fingerprint density at radius 2 is 1.73 bits per heavy atom. The molecule has 0 heterocycles. The maximum Gasteiger partial charge on any atom is 0.221 e. The summed E-state index contributed by atoms with van der Waals surface area (Å²) in [4.78, 5) is 11.7. The molecule has 0 radical (unpaired) electrons. The van der Waals surface area contributed by atoms with Crippen molar-refractivity contribution in [2.45, 2.75) is 12.8 Å². The van der Waals surface area contributed by atoms with Crippen LogP contribution in [-0.4, -0.2) is 19.0 Å². The molecule has 2 aromatic carbocycles. The van der Waals surface area contributed by atoms with Crippen molar-refractivity contribution >= 4 is 34.8 Å². The molecule has 0 saturated heterocycles. The van der Waals surface area contributed by atoms with E-state index >= 15 is 0 Å². The second-order valence-electron chi connectivity index (χ2n) is 4.91. The standard InChI is InChI=1S/C17H18Cl2N2O/c18-14-4-6-16(7-5-14)20-11-9-17(22)21-10-8-13-2-1-3-15(19)12-13/h1-7,12,20H,8-11H2,(H,21,22). The van der Waals surface area contributed by atoms with Crippen molar-refractivity contribution in [3.63, 3.8) is 0 Å². The Hall–Kier alpha value is -1.71. The van der Waals surface area contributed by atoms with Gasteiger partial charge in [0.15, 0.2) is 0 Å². The number of carbonyl (C=O) groups is 1. The summed E-state index contributed by atoms with van der Waals surface area (Å²) in [6.07, 6.45) is 1.20. The van der Waals surface area contributed by atoms with E-state index in [0.29, 0.717) is 24.5 Å². The van der Waals surface area contributed by atoms with Crippen molar-refractivity contribution < 1.29 is 4.79 Å². The van der Waals surface area contributed by atoms with E-state index < -0.39 is 0 Å². The van der Waals surface area contributed by atoms with E-state index in [1.807, 2.05) is 48.5 Å². The summed E-state index contributed by atoms with van der Waals surface area (Å²) >= 11 is 11.7. The van der Waals surface area contributed by atoms with Crippen LogP contribution in [0.1, 0.15) is 12.0 Å². The highest BCUT2D eigenvalue weighted by Gasteiger charge is 2.01. The number of carbonyl (C=O) groups excluding carboxylic acids is 1. The molecule has 2 aromatic rings. The summed E-state index contributed by atoms with van der Waals surface area (Å²) in [6, 6.07) is 15.1. The molecule has 0 aliphatic rings. The maximum absolute atomic E-state index is 11.7. The van der Waals surface area contributed by atoms with Crippen molar-refractivity contribution in [2.75, 3.05) is 18.4 Å². The van der Waals surface area contributed by atoms with Crippen molar-refractivity contribution in [3.05, 3.63) is 64.1 Å². The predicted molar refractivity (Wildman–Crippen MR) is 92.7 cm³/mol. The van der Waals surface area contributed by atoms with Crippen LogP contribution in [0.25, 0.3) is 0 Å². The fourth-order valence-corrected chi connectivity index (χ4v) is 2.35. The smallest absolute Gasteiger partial charge is 0.221 e. The van der Waals surface area contributed by atoms with Gasteiger partial charge >= 0.3 is 0 Å². The van der Waals surface area contributed by atoms with E-state index in [1.165, 1.54) is 0 Å². The Kier molecular flexibility index (Phi) is 6.56. The first-order valence-electron chi connectivity index (χ1n) is 7.14. The SMILES string of the molecule is O=C(CCNc1ccc(Cl)cc1)NCCc1cccc(Cl)c1. The number of amides is 1. The number of hydrogen-bond acceptors (Lipinski definition) is 2. The second-order valence-corrected chi connectivity index (χ2v) is 5.79. The molecular formula is C17H18Cl2N2O. The van der Waals surface area contributed by atoms with Gasteiger partial charge in [-0.25, -0.2) is 0 Å². The molecule has 0 spiro atoms. The number of rotatable bonds is 7. The molecule has 0 bridgehead atoms. The van der Waals surface area contributed by atoms with Crippen LogP contribution in [0, 0.1) is 0 Å². The molecule has 5 heteroatoms. The zero-order chi connectivity index (χ0) is 15.8. The third-order valence-corrected chi connectivity index (χ3v) is 3.64. The first kappa shape index (κ1) is 16.7. The van der Waals surface area contributed by atoms with Crippen LogP contribution < -0.4 is 10.6 Å². The summed E-state index contributed by atoms with van der Waals surface area (Å²) in [6.45, 7) is 1.20. The van der Waals surface area contributed by atoms with Gasteiger partial charge in [-0.2, -0.15) is 0 Å². The van der Waals surface area contributed by atoms with E-state index in [1.54, 1.807) is 0 Å². The predicted octanol–water partition coefficient (Wildman–Crippen LogP) is 4.15. The maximum atomic E-state index is 11.7. The van der Waals surface area contributed by atoms with Gasteiger partial charge in [0, 0.05) is 35.2 Å². The monoisotopic (exact) mass is 336 g/mol. The van der Waals surface area contributed by atoms with Gasteiger partial charge in [0.25, 0.3) is 0 Å². The van der Waals surface area contributed by atoms with Crippen LogP contribution in [0.3, 0.4) is 0 Å². The minimum Gasteiger partial charge on any atom is -0.385 e. The molecule has 22 heavy (non-hydrogen) atoms. The summed E-state index contributed by atoms with van der Waals surface area (Å²) < 4.78 is 0. The topological polar surface area (TPSA) is 41.1 Å². The summed E-state index contributed by atoms with van der Waals surface area (Å²) in [5.41, 5.74) is 2.07. The Labute approximate surface area is 140 Å². The van der Waals surface area contributed by atoms with Gasteiger partial charge in [-0.05, 0) is 48.4 Å². The Balaban J connectivity index is 1.62. The largest absolute Gasteiger partial charge is 0.385 e. The molecular weight excluding hydrogens is 319 g/mol. The highest BCUT2D eigenvalue weighted by molar-refractivity contribution is 6.30. The Morgan fingerprint density at radius 3 is 2.45 bits per heavy atom. The van der Waals surface area contributed by atoms with Crippen LogP contribution in [-0.2, 0) is 11.2 Å². The van der Waals surface area contributed by atoms with E-state index in [9.17, 15) is 4.79 Å². The molecule has 2 rings (SSSR count). The third kappa shape index (κ3) is 5.96. The Bertz CT molecular complexity index is 614. The van der Waals surface area contributed by atoms with Gasteiger partial charge < -0.3 is 10.6 Å². The number of nitrogens with one attached hydrogen (secondary N) is 2. The lowest BCUT2D eigenvalue weighted by atomic mass is 10.1. The van der Waals surface area contributed by atoms with E-state index in [4.69, 9.17) is 23.2 Å². The fraction of sp³-hybridized carbons (Fsp3) is 0.235. The van der Waals surface area contributed by atoms with Crippen LogP contribution in [0.2, 0.25) is 10.0 Å². The van der Waals surface area contributed by atoms with Crippen molar-refractivity contribution in [1.82, 2.24) is 5.32 Å². The van der Waals surface area contributed by atoms with Gasteiger partial charge in [0.2, 0.25) is 5.91 Å². The highest BCUT2D eigenvalue weighted by Crippen LogP contribution is 2.13. The van der Waals surface area contributed by atoms with Crippen molar-refractivity contribution in [3.8, 4) is 0 Å². The summed E-state index contributed by atoms with van der Waals surface area (Å²) in [5.74, 6) is 0.0310. The van der Waals surface area contributed by atoms with Gasteiger partial charge in [-0.1, -0.05) is 35.3 Å². The molecule has 0 aliphatic heterocycles. The summed E-state index contributed by atoms with van der Waals surface area (Å²) in [5, 5.41) is 7.50. The van der Waals surface area contributed by atoms with Crippen LogP contribution in [0.15, 0.2) is 48.5 Å². The molecule has 1 amide bonds. The number of benzene rings is 2. The van der Waals surface area contributed by atoms with E-state index in [-0.39, 0.29) is 5.91 Å². The lowest BCUT2D eigenvalue weighted by Gasteiger charge is -2.08. The fourth-order valence-electron chi connectivity index (χ4n) is 2.02. The van der Waals surface area contributed by atoms with Gasteiger partial charge in [0.05, 0.1) is 0 Å². The first-order valence-corrected chi connectivity index (χ1v) is 7.89. The zero-order valence-corrected chi connectivity index (χ0v) is 13.6. The normalized spacial score (nSPS) is 10.3. The molecule has 0 aromatic heterocycles. The van der Waals surface area contributed by atoms with Gasteiger partial charge in [-0.3, -0.25) is 4.79 Å². The lowest BCUT2D eigenvalue weighted by molar-refractivity contribution is -0.120. The molecule has 0 fully saturated rings. The minimum absolute atomic E-state index is 0.0310. The zero-order valence-electron chi connectivity index (χ0n) is 12.1. The molecule has 116 valence electrons. The van der Waals surface area contributed by atoms with Gasteiger partial charge in [0.1, 0.15) is 0 Å². The summed E-state index contributed by atoms with van der Waals surface area (Å²) in [7, 11) is 0. The molecule has 3 nitrogen and oxygen atoms in total. The minimum atomic E-state index is 0.0310. The highest BCUT2D eigenvalue weighted by atomic mass is 35.5. The van der Waals surface area contributed by atoms with Crippen LogP contribution >= 0.6 is 23.2 Å². The average Bonchev–Trinajstić information content (AvgIpc) is 2.49. The lowest BCUT2D eigenvalue weighted by Crippen LogP contribution is -2.27. The van der Waals surface area contributed by atoms with Crippen LogP contribution in [0.4, 0.5) is 5.69 Å².